The molecule has 0 saturated heterocycles. The summed E-state index contributed by atoms with van der Waals surface area (Å²) in [5, 5.41) is 7.83. The number of hydrogen-bond donors (Lipinski definition) is 1. The predicted octanol–water partition coefficient (Wildman–Crippen LogP) is 2.26. The molecule has 5 heteroatoms. The zero-order valence-electron chi connectivity index (χ0n) is 11.6. The van der Waals surface area contributed by atoms with Gasteiger partial charge >= 0.3 is 0 Å². The summed E-state index contributed by atoms with van der Waals surface area (Å²) >= 11 is 0. The highest BCUT2D eigenvalue weighted by molar-refractivity contribution is 5.51. The van der Waals surface area contributed by atoms with Gasteiger partial charge in [0.25, 0.3) is 0 Å². The summed E-state index contributed by atoms with van der Waals surface area (Å²) < 4.78 is 4.09. The highest BCUT2D eigenvalue weighted by atomic mass is 15.3. The van der Waals surface area contributed by atoms with Crippen LogP contribution in [0.1, 0.15) is 30.6 Å². The summed E-state index contributed by atoms with van der Waals surface area (Å²) in [5.41, 5.74) is 3.30. The first-order valence-electron chi connectivity index (χ1n) is 6.37. The summed E-state index contributed by atoms with van der Waals surface area (Å²) in [5.74, 6) is 1.07. The average Bonchev–Trinajstić information content (AvgIpc) is 2.85. The van der Waals surface area contributed by atoms with Crippen LogP contribution < -0.4 is 5.32 Å². The molecular formula is C13H21N5. The Bertz CT molecular complexity index is 523. The van der Waals surface area contributed by atoms with Crippen LogP contribution >= 0.6 is 0 Å². The largest absolute Gasteiger partial charge is 0.375 e. The molecule has 0 saturated carbocycles. The Labute approximate surface area is 108 Å². The van der Waals surface area contributed by atoms with E-state index in [1.165, 1.54) is 0 Å². The van der Waals surface area contributed by atoms with Crippen LogP contribution in [0.4, 0.5) is 5.69 Å². The molecule has 18 heavy (non-hydrogen) atoms. The van der Waals surface area contributed by atoms with E-state index in [1.807, 2.05) is 31.0 Å². The molecule has 2 rings (SSSR count). The Morgan fingerprint density at radius 2 is 2.11 bits per heavy atom. The molecule has 0 atom stereocenters. The quantitative estimate of drug-likeness (QED) is 0.881. The highest BCUT2D eigenvalue weighted by Gasteiger charge is 2.09. The first-order chi connectivity index (χ1) is 8.63. The summed E-state index contributed by atoms with van der Waals surface area (Å²) in [4.78, 5) is 4.39. The minimum absolute atomic E-state index is 0.736. The van der Waals surface area contributed by atoms with Gasteiger partial charge in [-0.1, -0.05) is 6.92 Å². The van der Waals surface area contributed by atoms with Crippen LogP contribution in [0.5, 0.6) is 0 Å². The molecule has 2 aromatic heterocycles. The van der Waals surface area contributed by atoms with Gasteiger partial charge in [-0.3, -0.25) is 4.68 Å². The maximum absolute atomic E-state index is 4.40. The zero-order chi connectivity index (χ0) is 13.1. The molecule has 1 N–H and O–H groups in total. The Balaban J connectivity index is 2.09. The number of anilines is 1. The van der Waals surface area contributed by atoms with Crippen LogP contribution in [-0.4, -0.2) is 19.3 Å². The van der Waals surface area contributed by atoms with Crippen molar-refractivity contribution >= 4 is 5.69 Å². The van der Waals surface area contributed by atoms with E-state index < -0.39 is 0 Å². The molecule has 2 heterocycles. The summed E-state index contributed by atoms with van der Waals surface area (Å²) in [6.07, 6.45) is 5.01. The third-order valence-electron chi connectivity index (χ3n) is 3.20. The number of aryl methyl sites for hydroxylation is 3. The van der Waals surface area contributed by atoms with Crippen molar-refractivity contribution in [2.75, 3.05) is 5.32 Å². The van der Waals surface area contributed by atoms with E-state index in [-0.39, 0.29) is 0 Å². The van der Waals surface area contributed by atoms with Crippen LogP contribution in [0.15, 0.2) is 12.4 Å². The van der Waals surface area contributed by atoms with Crippen molar-refractivity contribution < 1.29 is 0 Å². The van der Waals surface area contributed by atoms with Gasteiger partial charge in [0.2, 0.25) is 0 Å². The molecular weight excluding hydrogens is 226 g/mol. The molecule has 0 aliphatic carbocycles. The van der Waals surface area contributed by atoms with Crippen molar-refractivity contribution in [3.63, 3.8) is 0 Å². The first kappa shape index (κ1) is 12.7. The van der Waals surface area contributed by atoms with E-state index in [1.54, 1.807) is 0 Å². The summed E-state index contributed by atoms with van der Waals surface area (Å²) in [6.45, 7) is 8.02. The van der Waals surface area contributed by atoms with Crippen LogP contribution in [0, 0.1) is 13.8 Å². The van der Waals surface area contributed by atoms with Crippen molar-refractivity contribution in [2.45, 2.75) is 40.3 Å². The second kappa shape index (κ2) is 5.25. The minimum Gasteiger partial charge on any atom is -0.375 e. The predicted molar refractivity (Wildman–Crippen MR) is 72.5 cm³/mol. The van der Waals surface area contributed by atoms with Crippen molar-refractivity contribution in [3.8, 4) is 0 Å². The van der Waals surface area contributed by atoms with Gasteiger partial charge in [0, 0.05) is 26.0 Å². The maximum Gasteiger partial charge on any atom is 0.128 e. The smallest absolute Gasteiger partial charge is 0.128 e. The number of hydrogen-bond acceptors (Lipinski definition) is 3. The molecule has 0 amide bonds. The van der Waals surface area contributed by atoms with E-state index >= 15 is 0 Å². The minimum atomic E-state index is 0.736. The fourth-order valence-corrected chi connectivity index (χ4v) is 2.15. The van der Waals surface area contributed by atoms with Crippen LogP contribution in [0.2, 0.25) is 0 Å². The maximum atomic E-state index is 4.40. The van der Waals surface area contributed by atoms with Gasteiger partial charge in [0.1, 0.15) is 5.82 Å². The molecule has 0 radical (unpaired) electrons. The van der Waals surface area contributed by atoms with E-state index in [0.29, 0.717) is 0 Å². The Hall–Kier alpha value is -1.78. The monoisotopic (exact) mass is 247 g/mol. The van der Waals surface area contributed by atoms with Crippen molar-refractivity contribution in [3.05, 3.63) is 29.6 Å². The normalized spacial score (nSPS) is 10.9. The van der Waals surface area contributed by atoms with Crippen molar-refractivity contribution in [1.29, 1.82) is 0 Å². The molecule has 2 aromatic rings. The SMILES string of the molecule is CCCn1ccnc1CNc1c(C)nn(C)c1C. The van der Waals surface area contributed by atoms with Gasteiger partial charge in [0.05, 0.1) is 23.6 Å². The zero-order valence-corrected chi connectivity index (χ0v) is 11.6. The van der Waals surface area contributed by atoms with E-state index in [2.05, 4.69) is 33.8 Å². The van der Waals surface area contributed by atoms with Crippen molar-refractivity contribution in [1.82, 2.24) is 19.3 Å². The molecule has 5 nitrogen and oxygen atoms in total. The highest BCUT2D eigenvalue weighted by Crippen LogP contribution is 2.18. The lowest BCUT2D eigenvalue weighted by molar-refractivity contribution is 0.644. The molecule has 0 unspecified atom stereocenters. The van der Waals surface area contributed by atoms with E-state index in [4.69, 9.17) is 0 Å². The summed E-state index contributed by atoms with van der Waals surface area (Å²) in [7, 11) is 1.96. The van der Waals surface area contributed by atoms with Crippen molar-refractivity contribution in [2.24, 2.45) is 7.05 Å². The van der Waals surface area contributed by atoms with Gasteiger partial charge in [0.15, 0.2) is 0 Å². The lowest BCUT2D eigenvalue weighted by atomic mass is 10.3. The van der Waals surface area contributed by atoms with Gasteiger partial charge in [-0.25, -0.2) is 4.98 Å². The van der Waals surface area contributed by atoms with Gasteiger partial charge in [-0.15, -0.1) is 0 Å². The van der Waals surface area contributed by atoms with Gasteiger partial charge in [-0.05, 0) is 20.3 Å². The molecule has 0 fully saturated rings. The number of rotatable bonds is 5. The number of imidazole rings is 1. The second-order valence-corrected chi connectivity index (χ2v) is 4.56. The number of nitrogens with one attached hydrogen (secondary N) is 1. The van der Waals surface area contributed by atoms with Crippen LogP contribution in [0.25, 0.3) is 0 Å². The molecule has 0 aromatic carbocycles. The topological polar surface area (TPSA) is 47.7 Å². The molecule has 0 bridgehead atoms. The molecule has 0 aliphatic heterocycles. The van der Waals surface area contributed by atoms with E-state index in [0.717, 1.165) is 42.4 Å². The van der Waals surface area contributed by atoms with Crippen LogP contribution in [-0.2, 0) is 20.1 Å². The lowest BCUT2D eigenvalue weighted by Crippen LogP contribution is -2.09. The third kappa shape index (κ3) is 2.39. The fourth-order valence-electron chi connectivity index (χ4n) is 2.15. The average molecular weight is 247 g/mol. The Morgan fingerprint density at radius 1 is 1.33 bits per heavy atom. The van der Waals surface area contributed by atoms with Crippen LogP contribution in [0.3, 0.4) is 0 Å². The fraction of sp³-hybridized carbons (Fsp3) is 0.538. The lowest BCUT2D eigenvalue weighted by Gasteiger charge is -2.09. The number of aromatic nitrogens is 4. The molecule has 0 aliphatic rings. The van der Waals surface area contributed by atoms with Gasteiger partial charge < -0.3 is 9.88 Å². The van der Waals surface area contributed by atoms with E-state index in [9.17, 15) is 0 Å². The number of nitrogens with zero attached hydrogens (tertiary/aromatic N) is 4. The Morgan fingerprint density at radius 3 is 2.72 bits per heavy atom. The first-order valence-corrected chi connectivity index (χ1v) is 6.37. The standard InChI is InChI=1S/C13H21N5/c1-5-7-18-8-6-14-12(18)9-15-13-10(2)16-17(4)11(13)3/h6,8,15H,5,7,9H2,1-4H3. The molecule has 98 valence electrons. The second-order valence-electron chi connectivity index (χ2n) is 4.56. The Kier molecular flexibility index (Phi) is 3.69. The molecule has 0 spiro atoms. The third-order valence-corrected chi connectivity index (χ3v) is 3.20. The summed E-state index contributed by atoms with van der Waals surface area (Å²) in [6, 6.07) is 0. The van der Waals surface area contributed by atoms with Gasteiger partial charge in [-0.2, -0.15) is 5.10 Å².